The second-order valence-electron chi connectivity index (χ2n) is 10.2. The number of nitrogens with one attached hydrogen (secondary N) is 1. The highest BCUT2D eigenvalue weighted by atomic mass is 19.2. The molecule has 0 aliphatic carbocycles. The van der Waals surface area contributed by atoms with E-state index in [1.807, 2.05) is 24.0 Å². The molecule has 8 nitrogen and oxygen atoms in total. The van der Waals surface area contributed by atoms with Crippen LogP contribution in [0, 0.1) is 36.3 Å². The first-order chi connectivity index (χ1) is 20.3. The molecule has 1 aliphatic rings. The average molecular weight is 571 g/mol. The zero-order valence-electron chi connectivity index (χ0n) is 23.5. The number of allylic oxidation sites excluding steroid dienone is 1. The van der Waals surface area contributed by atoms with Crippen molar-refractivity contribution in [2.75, 3.05) is 25.0 Å². The van der Waals surface area contributed by atoms with Crippen LogP contribution in [-0.2, 0) is 0 Å². The van der Waals surface area contributed by atoms with Crippen LogP contribution in [0.25, 0.3) is 16.9 Å². The van der Waals surface area contributed by atoms with Gasteiger partial charge in [0.15, 0.2) is 29.1 Å². The van der Waals surface area contributed by atoms with Gasteiger partial charge in [-0.25, -0.2) is 14.4 Å². The normalized spacial score (nSPS) is 14.3. The van der Waals surface area contributed by atoms with Gasteiger partial charge in [-0.15, -0.1) is 0 Å². The molecule has 1 atom stereocenters. The highest BCUT2D eigenvalue weighted by molar-refractivity contribution is 5.96. The summed E-state index contributed by atoms with van der Waals surface area (Å²) in [5, 5.41) is 3.24. The van der Waals surface area contributed by atoms with Crippen molar-refractivity contribution >= 4 is 23.1 Å². The number of halogens is 2. The summed E-state index contributed by atoms with van der Waals surface area (Å²) in [6, 6.07) is 8.30. The first-order valence-corrected chi connectivity index (χ1v) is 13.8. The fourth-order valence-electron chi connectivity index (χ4n) is 5.08. The van der Waals surface area contributed by atoms with E-state index in [0.717, 1.165) is 18.4 Å². The van der Waals surface area contributed by atoms with E-state index in [0.29, 0.717) is 54.0 Å². The summed E-state index contributed by atoms with van der Waals surface area (Å²) in [6.07, 6.45) is 7.21. The minimum absolute atomic E-state index is 0.0116. The van der Waals surface area contributed by atoms with Crippen molar-refractivity contribution in [3.05, 3.63) is 84.3 Å². The van der Waals surface area contributed by atoms with E-state index >= 15 is 4.39 Å². The van der Waals surface area contributed by atoms with Gasteiger partial charge < -0.3 is 20.7 Å². The number of aromatic nitrogens is 3. The molecular weight excluding hydrogens is 538 g/mol. The Morgan fingerprint density at radius 2 is 2.02 bits per heavy atom. The average Bonchev–Trinajstić information content (AvgIpc) is 3.43. The molecule has 1 saturated heterocycles. The van der Waals surface area contributed by atoms with Gasteiger partial charge in [0.2, 0.25) is 5.82 Å². The van der Waals surface area contributed by atoms with Crippen molar-refractivity contribution in [2.24, 2.45) is 11.7 Å². The summed E-state index contributed by atoms with van der Waals surface area (Å²) in [5.41, 5.74) is 8.75. The smallest absolute Gasteiger partial charge is 0.254 e. The van der Waals surface area contributed by atoms with Gasteiger partial charge in [0.05, 0.1) is 11.9 Å². The predicted molar refractivity (Wildman–Crippen MR) is 159 cm³/mol. The standard InChI is InChI=1S/C32H32F2N6O2/c1-4-5-6-21(3)42-27-10-9-25(28(33)29(27)34)26-19-37-31-30(36-13-16-40(26)31)38-23-7-8-24(20(2)17-23)32(41)39-14-11-22(18-35)12-15-39/h4,7-10,13,16-17,19,21-22H,1,11-12,14-15,18,35H2,2-3H3,(H,36,38). The molecule has 2 aromatic carbocycles. The van der Waals surface area contributed by atoms with Crippen molar-refractivity contribution in [2.45, 2.75) is 32.8 Å². The van der Waals surface area contributed by atoms with Gasteiger partial charge in [-0.1, -0.05) is 18.4 Å². The predicted octanol–water partition coefficient (Wildman–Crippen LogP) is 5.49. The molecule has 4 aromatic rings. The zero-order chi connectivity index (χ0) is 29.8. The van der Waals surface area contributed by atoms with Crippen molar-refractivity contribution in [3.63, 3.8) is 0 Å². The highest BCUT2D eigenvalue weighted by Gasteiger charge is 2.24. The molecule has 0 spiro atoms. The third-order valence-corrected chi connectivity index (χ3v) is 7.40. The van der Waals surface area contributed by atoms with Crippen molar-refractivity contribution in [1.82, 2.24) is 19.3 Å². The minimum atomic E-state index is -1.11. The molecule has 1 unspecified atom stereocenters. The largest absolute Gasteiger partial charge is 0.475 e. The van der Waals surface area contributed by atoms with Crippen LogP contribution in [0.4, 0.5) is 20.3 Å². The number of nitrogens with zero attached hydrogens (tertiary/aromatic N) is 4. The van der Waals surface area contributed by atoms with Crippen LogP contribution >= 0.6 is 0 Å². The number of piperidine rings is 1. The second-order valence-corrected chi connectivity index (χ2v) is 10.2. The number of ether oxygens (including phenoxy) is 1. The van der Waals surface area contributed by atoms with Crippen molar-refractivity contribution < 1.29 is 18.3 Å². The number of benzene rings is 2. The third-order valence-electron chi connectivity index (χ3n) is 7.40. The van der Waals surface area contributed by atoms with Gasteiger partial charge in [0, 0.05) is 42.3 Å². The lowest BCUT2D eigenvalue weighted by Crippen LogP contribution is -2.40. The number of nitrogens with two attached hydrogens (primary N) is 1. The van der Waals surface area contributed by atoms with Crippen LogP contribution in [0.1, 0.15) is 35.7 Å². The molecule has 2 aromatic heterocycles. The van der Waals surface area contributed by atoms with E-state index in [2.05, 4.69) is 33.7 Å². The Bertz CT molecular complexity index is 1700. The molecule has 3 N–H and O–H groups in total. The number of imidazole rings is 1. The van der Waals surface area contributed by atoms with E-state index < -0.39 is 17.7 Å². The summed E-state index contributed by atoms with van der Waals surface area (Å²) in [5.74, 6) is 3.84. The summed E-state index contributed by atoms with van der Waals surface area (Å²) in [6.45, 7) is 9.09. The first-order valence-electron chi connectivity index (χ1n) is 13.8. The van der Waals surface area contributed by atoms with Crippen LogP contribution < -0.4 is 15.8 Å². The fourth-order valence-corrected chi connectivity index (χ4v) is 5.08. The van der Waals surface area contributed by atoms with Crippen molar-refractivity contribution in [3.8, 4) is 28.8 Å². The number of carbonyl (C=O) groups excluding carboxylic acids is 1. The number of anilines is 2. The number of likely N-dealkylation sites (tertiary alicyclic amines) is 1. The Balaban J connectivity index is 1.37. The number of aryl methyl sites for hydroxylation is 1. The quantitative estimate of drug-likeness (QED) is 0.285. The van der Waals surface area contributed by atoms with Gasteiger partial charge in [0.25, 0.3) is 5.91 Å². The van der Waals surface area contributed by atoms with E-state index in [-0.39, 0.29) is 17.2 Å². The monoisotopic (exact) mass is 570 g/mol. The molecule has 1 fully saturated rings. The SMILES string of the molecule is C=CC#CC(C)Oc1ccc(-c2cnc3c(Nc4ccc(C(=O)N5CCC(CN)CC5)c(C)c4)nccn23)c(F)c1F. The molecule has 1 aliphatic heterocycles. The summed E-state index contributed by atoms with van der Waals surface area (Å²) in [4.78, 5) is 23.9. The maximum Gasteiger partial charge on any atom is 0.254 e. The Morgan fingerprint density at radius 1 is 1.24 bits per heavy atom. The van der Waals surface area contributed by atoms with Crippen LogP contribution in [0.15, 0.2) is 61.6 Å². The van der Waals surface area contributed by atoms with Gasteiger partial charge in [-0.05, 0) is 81.1 Å². The Morgan fingerprint density at radius 3 is 2.74 bits per heavy atom. The van der Waals surface area contributed by atoms with E-state index in [9.17, 15) is 9.18 Å². The van der Waals surface area contributed by atoms with Crippen molar-refractivity contribution in [1.29, 1.82) is 0 Å². The number of carbonyl (C=O) groups is 1. The lowest BCUT2D eigenvalue weighted by Gasteiger charge is -2.31. The topological polar surface area (TPSA) is 97.8 Å². The third kappa shape index (κ3) is 5.83. The van der Waals surface area contributed by atoms with Gasteiger partial charge in [0.1, 0.15) is 0 Å². The van der Waals surface area contributed by atoms with Crippen LogP contribution in [0.3, 0.4) is 0 Å². The zero-order valence-corrected chi connectivity index (χ0v) is 23.5. The lowest BCUT2D eigenvalue weighted by molar-refractivity contribution is 0.0692. The van der Waals surface area contributed by atoms with Gasteiger partial charge in [-0.2, -0.15) is 4.39 Å². The molecule has 10 heteroatoms. The van der Waals surface area contributed by atoms with E-state index in [1.165, 1.54) is 24.4 Å². The molecule has 0 saturated carbocycles. The summed E-state index contributed by atoms with van der Waals surface area (Å²) < 4.78 is 37.2. The van der Waals surface area contributed by atoms with Crippen LogP contribution in [0.2, 0.25) is 0 Å². The molecule has 216 valence electrons. The second kappa shape index (κ2) is 12.4. The van der Waals surface area contributed by atoms with E-state index in [4.69, 9.17) is 10.5 Å². The number of fused-ring (bicyclic) bond motifs is 1. The maximum atomic E-state index is 15.2. The maximum absolute atomic E-state index is 15.2. The number of rotatable bonds is 7. The Labute approximate surface area is 243 Å². The lowest BCUT2D eigenvalue weighted by atomic mass is 9.96. The summed E-state index contributed by atoms with van der Waals surface area (Å²) in [7, 11) is 0. The first kappa shape index (κ1) is 28.8. The minimum Gasteiger partial charge on any atom is -0.475 e. The van der Waals surface area contributed by atoms with Crippen LogP contribution in [-0.4, -0.2) is 50.9 Å². The molecule has 0 bridgehead atoms. The number of hydrogen-bond acceptors (Lipinski definition) is 6. The van der Waals surface area contributed by atoms with Gasteiger partial charge in [-0.3, -0.25) is 9.20 Å². The summed E-state index contributed by atoms with van der Waals surface area (Å²) >= 11 is 0. The van der Waals surface area contributed by atoms with Gasteiger partial charge >= 0.3 is 0 Å². The Hall–Kier alpha value is -4.75. The molecule has 0 radical (unpaired) electrons. The fraction of sp³-hybridized carbons (Fsp3) is 0.281. The highest BCUT2D eigenvalue weighted by Crippen LogP contribution is 2.32. The number of amides is 1. The Kier molecular flexibility index (Phi) is 8.50. The van der Waals surface area contributed by atoms with E-state index in [1.54, 1.807) is 29.8 Å². The molecule has 3 heterocycles. The number of hydrogen-bond donors (Lipinski definition) is 2. The molecule has 1 amide bonds. The van der Waals surface area contributed by atoms with Crippen LogP contribution in [0.5, 0.6) is 5.75 Å². The molecular formula is C32H32F2N6O2. The molecule has 42 heavy (non-hydrogen) atoms. The molecule has 5 rings (SSSR count).